The number of imidazole rings is 1. The van der Waals surface area contributed by atoms with Crippen molar-refractivity contribution in [1.82, 2.24) is 9.38 Å². The molecule has 0 amide bonds. The van der Waals surface area contributed by atoms with E-state index in [0.717, 1.165) is 6.07 Å². The van der Waals surface area contributed by atoms with E-state index in [-0.39, 0.29) is 45.9 Å². The molecule has 4 N–H and O–H groups in total. The lowest BCUT2D eigenvalue weighted by Gasteiger charge is -2.26. The molecule has 182 valence electrons. The fraction of sp³-hybridized carbons (Fsp3) is 0.125. The number of benzene rings is 2. The van der Waals surface area contributed by atoms with Crippen molar-refractivity contribution in [2.45, 2.75) is 12.3 Å². The number of fused-ring (bicyclic) bond motifs is 6. The third-order valence-electron chi connectivity index (χ3n) is 6.11. The maximum Gasteiger partial charge on any atom is 0.306 e. The lowest BCUT2D eigenvalue weighted by molar-refractivity contribution is -0.140. The number of aromatic nitrogens is 2. The summed E-state index contributed by atoms with van der Waals surface area (Å²) in [7, 11) is 1.25. The molecular formula is C24H16N2O9S. The quantitative estimate of drug-likeness (QED) is 0.208. The number of aromatic hydroxyl groups is 4. The van der Waals surface area contributed by atoms with Crippen LogP contribution in [-0.4, -0.2) is 42.9 Å². The first-order valence-electron chi connectivity index (χ1n) is 10.6. The van der Waals surface area contributed by atoms with Gasteiger partial charge < -0.3 is 34.3 Å². The van der Waals surface area contributed by atoms with Gasteiger partial charge in [0.15, 0.2) is 22.2 Å². The average Bonchev–Trinajstić information content (AvgIpc) is 3.43. The number of phenolic OH excluding ortho intramolecular Hbond substituents is 3. The van der Waals surface area contributed by atoms with Crippen molar-refractivity contribution in [2.75, 3.05) is 7.11 Å². The zero-order valence-electron chi connectivity index (χ0n) is 18.4. The minimum Gasteiger partial charge on any atom is -0.507 e. The Balaban J connectivity index is 1.70. The number of hydrogen-bond acceptors (Lipinski definition) is 11. The van der Waals surface area contributed by atoms with Crippen LogP contribution in [0.25, 0.3) is 27.3 Å². The van der Waals surface area contributed by atoms with Crippen LogP contribution in [0.1, 0.15) is 23.6 Å². The van der Waals surface area contributed by atoms with Crippen molar-refractivity contribution in [3.05, 3.63) is 57.3 Å². The minimum atomic E-state index is -0.935. The van der Waals surface area contributed by atoms with Gasteiger partial charge in [0, 0.05) is 34.7 Å². The number of ether oxygens (including phenoxy) is 2. The van der Waals surface area contributed by atoms with Crippen LogP contribution >= 0.6 is 11.3 Å². The maximum atomic E-state index is 13.2. The fourth-order valence-corrected chi connectivity index (χ4v) is 5.19. The van der Waals surface area contributed by atoms with E-state index in [0.29, 0.717) is 10.7 Å². The van der Waals surface area contributed by atoms with Gasteiger partial charge in [0.2, 0.25) is 17.1 Å². The Bertz CT molecular complexity index is 1780. The standard InChI is InChI=1S/C24H16N2O9S/c1-33-15(30)7-10-16-14(34-23-18(10)26-4-5-36-24(26)25-23)8-13(29)17-19(31)20(32)21(35-22(16)17)9-2-3-11(27)12(28)6-9/h2-6,8,10,27-29,32H,7H2,1H3. The summed E-state index contributed by atoms with van der Waals surface area (Å²) in [5.74, 6) is -3.49. The van der Waals surface area contributed by atoms with Gasteiger partial charge in [-0.1, -0.05) is 0 Å². The largest absolute Gasteiger partial charge is 0.507 e. The summed E-state index contributed by atoms with van der Waals surface area (Å²) in [5.41, 5.74) is -0.174. The first kappa shape index (κ1) is 21.8. The molecule has 36 heavy (non-hydrogen) atoms. The Kier molecular flexibility index (Phi) is 4.63. The van der Waals surface area contributed by atoms with E-state index >= 15 is 0 Å². The number of esters is 1. The Labute approximate surface area is 204 Å². The Morgan fingerprint density at radius 1 is 1.17 bits per heavy atom. The van der Waals surface area contributed by atoms with Gasteiger partial charge in [-0.3, -0.25) is 14.0 Å². The molecule has 1 atom stereocenters. The number of carbonyl (C=O) groups excluding carboxylic acids is 1. The van der Waals surface area contributed by atoms with Crippen LogP contribution in [0.15, 0.2) is 45.1 Å². The Morgan fingerprint density at radius 3 is 2.72 bits per heavy atom. The molecule has 12 heteroatoms. The molecule has 3 aromatic heterocycles. The lowest BCUT2D eigenvalue weighted by atomic mass is 9.88. The number of carbonyl (C=O) groups is 1. The summed E-state index contributed by atoms with van der Waals surface area (Å²) in [6.45, 7) is 0. The molecule has 0 aliphatic carbocycles. The van der Waals surface area contributed by atoms with E-state index in [1.54, 1.807) is 10.6 Å². The molecule has 4 heterocycles. The highest BCUT2D eigenvalue weighted by atomic mass is 32.1. The predicted molar refractivity (Wildman–Crippen MR) is 126 cm³/mol. The molecular weight excluding hydrogens is 492 g/mol. The van der Waals surface area contributed by atoms with Crippen LogP contribution in [0, 0.1) is 0 Å². The normalized spacial score (nSPS) is 14.4. The summed E-state index contributed by atoms with van der Waals surface area (Å²) >= 11 is 1.36. The van der Waals surface area contributed by atoms with Gasteiger partial charge in [-0.05, 0) is 18.2 Å². The second-order valence-corrected chi connectivity index (χ2v) is 8.99. The van der Waals surface area contributed by atoms with Crippen LogP contribution in [0.3, 0.4) is 0 Å². The monoisotopic (exact) mass is 508 g/mol. The zero-order chi connectivity index (χ0) is 25.3. The topological polar surface area (TPSA) is 164 Å². The summed E-state index contributed by atoms with van der Waals surface area (Å²) in [5, 5.41) is 42.4. The van der Waals surface area contributed by atoms with Crippen molar-refractivity contribution in [3.8, 4) is 46.0 Å². The third kappa shape index (κ3) is 3.01. The number of methoxy groups -OCH3 is 1. The molecule has 2 aromatic carbocycles. The van der Waals surface area contributed by atoms with E-state index in [4.69, 9.17) is 13.9 Å². The molecule has 0 spiro atoms. The van der Waals surface area contributed by atoms with Crippen LogP contribution in [0.5, 0.6) is 34.6 Å². The minimum absolute atomic E-state index is 0.0883. The second kappa shape index (κ2) is 7.65. The molecule has 0 saturated carbocycles. The molecule has 0 saturated heterocycles. The lowest BCUT2D eigenvalue weighted by Crippen LogP contribution is -2.18. The van der Waals surface area contributed by atoms with E-state index < -0.39 is 40.3 Å². The summed E-state index contributed by atoms with van der Waals surface area (Å²) < 4.78 is 18.6. The van der Waals surface area contributed by atoms with Crippen LogP contribution in [0.2, 0.25) is 0 Å². The van der Waals surface area contributed by atoms with Crippen molar-refractivity contribution in [3.63, 3.8) is 0 Å². The van der Waals surface area contributed by atoms with E-state index in [1.807, 2.05) is 5.38 Å². The molecule has 0 bridgehead atoms. The van der Waals surface area contributed by atoms with Crippen molar-refractivity contribution in [1.29, 1.82) is 0 Å². The number of hydrogen-bond donors (Lipinski definition) is 4. The molecule has 1 aliphatic rings. The van der Waals surface area contributed by atoms with Gasteiger partial charge in [0.1, 0.15) is 22.5 Å². The molecule has 5 aromatic rings. The average molecular weight is 508 g/mol. The summed E-state index contributed by atoms with van der Waals surface area (Å²) in [6, 6.07) is 4.82. The molecule has 1 aliphatic heterocycles. The molecule has 0 fully saturated rings. The van der Waals surface area contributed by atoms with Gasteiger partial charge in [-0.25, -0.2) is 0 Å². The first-order valence-corrected chi connectivity index (χ1v) is 11.4. The van der Waals surface area contributed by atoms with Gasteiger partial charge in [0.05, 0.1) is 19.2 Å². The van der Waals surface area contributed by atoms with Crippen molar-refractivity contribution in [2.24, 2.45) is 0 Å². The maximum absolute atomic E-state index is 13.2. The van der Waals surface area contributed by atoms with Crippen molar-refractivity contribution < 1.29 is 39.1 Å². The number of rotatable bonds is 3. The van der Waals surface area contributed by atoms with Gasteiger partial charge in [-0.15, -0.1) is 11.3 Å². The van der Waals surface area contributed by atoms with Gasteiger partial charge in [-0.2, -0.15) is 4.98 Å². The highest BCUT2D eigenvalue weighted by Crippen LogP contribution is 2.51. The molecule has 6 rings (SSSR count). The third-order valence-corrected chi connectivity index (χ3v) is 6.87. The van der Waals surface area contributed by atoms with Crippen LogP contribution in [0.4, 0.5) is 0 Å². The van der Waals surface area contributed by atoms with Crippen LogP contribution < -0.4 is 10.2 Å². The molecule has 11 nitrogen and oxygen atoms in total. The highest BCUT2D eigenvalue weighted by Gasteiger charge is 2.38. The first-order chi connectivity index (χ1) is 17.3. The van der Waals surface area contributed by atoms with E-state index in [1.165, 1.54) is 36.6 Å². The SMILES string of the molecule is COC(=O)CC1c2c(cc(O)c3c(=O)c(O)c(-c4ccc(O)c(O)c4)oc23)Oc2nc3sccn3c21. The van der Waals surface area contributed by atoms with Crippen molar-refractivity contribution >= 4 is 33.2 Å². The number of phenols is 3. The van der Waals surface area contributed by atoms with E-state index in [9.17, 15) is 30.0 Å². The Morgan fingerprint density at radius 2 is 1.97 bits per heavy atom. The van der Waals surface area contributed by atoms with E-state index in [2.05, 4.69) is 4.98 Å². The zero-order valence-corrected chi connectivity index (χ0v) is 19.2. The second-order valence-electron chi connectivity index (χ2n) is 8.12. The van der Waals surface area contributed by atoms with Gasteiger partial charge in [0.25, 0.3) is 0 Å². The molecule has 0 radical (unpaired) electrons. The summed E-state index contributed by atoms with van der Waals surface area (Å²) in [6.07, 6.45) is 1.60. The van der Waals surface area contributed by atoms with Gasteiger partial charge >= 0.3 is 5.97 Å². The number of nitrogens with zero attached hydrogens (tertiary/aromatic N) is 2. The highest BCUT2D eigenvalue weighted by molar-refractivity contribution is 7.15. The molecule has 1 unspecified atom stereocenters. The van der Waals surface area contributed by atoms with Crippen LogP contribution in [-0.2, 0) is 9.53 Å². The smallest absolute Gasteiger partial charge is 0.306 e. The summed E-state index contributed by atoms with van der Waals surface area (Å²) in [4.78, 5) is 30.7. The fourth-order valence-electron chi connectivity index (χ4n) is 4.47. The predicted octanol–water partition coefficient (Wildman–Crippen LogP) is 3.79. The number of thiazole rings is 1. The Hall–Kier alpha value is -4.71.